The molecule has 0 rings (SSSR count). The van der Waals surface area contributed by atoms with E-state index < -0.39 is 6.10 Å². The lowest BCUT2D eigenvalue weighted by Gasteiger charge is -2.18. The number of unbranched alkanes of at least 4 members (excludes halogenated alkanes) is 23. The van der Waals surface area contributed by atoms with Crippen molar-refractivity contribution in [2.24, 2.45) is 0 Å². The van der Waals surface area contributed by atoms with Crippen LogP contribution in [-0.2, 0) is 28.6 Å². The van der Waals surface area contributed by atoms with Gasteiger partial charge in [-0.25, -0.2) is 0 Å². The van der Waals surface area contributed by atoms with Crippen LogP contribution in [0, 0.1) is 0 Å². The summed E-state index contributed by atoms with van der Waals surface area (Å²) in [5, 5.41) is 0. The van der Waals surface area contributed by atoms with Gasteiger partial charge in [-0.3, -0.25) is 14.4 Å². The first-order valence-corrected chi connectivity index (χ1v) is 23.8. The Morgan fingerprint density at radius 2 is 0.719 bits per heavy atom. The van der Waals surface area contributed by atoms with E-state index in [1.165, 1.54) is 116 Å². The third-order valence-electron chi connectivity index (χ3n) is 10.0. The van der Waals surface area contributed by atoms with E-state index in [1.54, 1.807) is 0 Å². The Morgan fingerprint density at radius 1 is 0.368 bits per heavy atom. The fraction of sp³-hybridized carbons (Fsp3) is 0.745. The molecule has 0 aliphatic carbocycles. The number of allylic oxidation sites excluding steroid dienone is 10. The van der Waals surface area contributed by atoms with Crippen LogP contribution in [-0.4, -0.2) is 37.2 Å². The summed E-state index contributed by atoms with van der Waals surface area (Å²) in [5.41, 5.74) is 0. The van der Waals surface area contributed by atoms with Crippen molar-refractivity contribution in [3.8, 4) is 0 Å². The van der Waals surface area contributed by atoms with Crippen molar-refractivity contribution in [1.29, 1.82) is 0 Å². The van der Waals surface area contributed by atoms with Crippen LogP contribution in [0.1, 0.15) is 226 Å². The summed E-state index contributed by atoms with van der Waals surface area (Å²) >= 11 is 0. The lowest BCUT2D eigenvalue weighted by atomic mass is 10.1. The molecule has 0 amide bonds. The molecule has 57 heavy (non-hydrogen) atoms. The van der Waals surface area contributed by atoms with Crippen LogP contribution in [0.15, 0.2) is 60.8 Å². The highest BCUT2D eigenvalue weighted by Crippen LogP contribution is 2.14. The summed E-state index contributed by atoms with van der Waals surface area (Å²) in [6, 6.07) is 0. The van der Waals surface area contributed by atoms with Gasteiger partial charge < -0.3 is 14.2 Å². The van der Waals surface area contributed by atoms with Crippen LogP contribution in [0.25, 0.3) is 0 Å². The number of rotatable bonds is 42. The second-order valence-electron chi connectivity index (χ2n) is 15.7. The Bertz CT molecular complexity index is 1050. The van der Waals surface area contributed by atoms with Gasteiger partial charge in [-0.1, -0.05) is 184 Å². The van der Waals surface area contributed by atoms with E-state index in [0.29, 0.717) is 25.7 Å². The monoisotopic (exact) mass is 797 g/mol. The van der Waals surface area contributed by atoms with Crippen LogP contribution in [0.5, 0.6) is 0 Å². The smallest absolute Gasteiger partial charge is 0.306 e. The molecular formula is C51H88O6. The Labute approximate surface area is 351 Å². The van der Waals surface area contributed by atoms with Crippen molar-refractivity contribution in [2.45, 2.75) is 232 Å². The van der Waals surface area contributed by atoms with E-state index in [4.69, 9.17) is 14.2 Å². The van der Waals surface area contributed by atoms with Crippen LogP contribution >= 0.6 is 0 Å². The topological polar surface area (TPSA) is 78.9 Å². The Kier molecular flexibility index (Phi) is 43.5. The molecule has 0 aromatic rings. The second-order valence-corrected chi connectivity index (χ2v) is 15.7. The molecule has 0 N–H and O–H groups in total. The molecule has 6 nitrogen and oxygen atoms in total. The predicted octanol–water partition coefficient (Wildman–Crippen LogP) is 15.3. The standard InChI is InChI=1S/C51H88O6/c1-4-7-10-13-16-19-21-23-25-27-29-32-35-38-41-44-50(53)56-47-48(46-55-49(52)43-40-37-34-31-18-15-12-9-6-3)57-51(54)45-42-39-36-33-30-28-26-24-22-20-17-14-11-8-5-2/h7,10,13,16,19-22,31,34,48H,4-6,8-9,11-12,14-15,17-18,23-30,32-33,35-47H2,1-3H3/b10-7-,16-13-,21-19-,22-20-,34-31-. The maximum Gasteiger partial charge on any atom is 0.306 e. The Hall–Kier alpha value is -2.89. The van der Waals surface area contributed by atoms with Crippen LogP contribution in [0.3, 0.4) is 0 Å². The van der Waals surface area contributed by atoms with Crippen molar-refractivity contribution in [2.75, 3.05) is 13.2 Å². The maximum atomic E-state index is 12.7. The number of hydrogen-bond donors (Lipinski definition) is 0. The number of hydrogen-bond acceptors (Lipinski definition) is 6. The molecule has 0 radical (unpaired) electrons. The molecule has 1 unspecified atom stereocenters. The molecule has 0 saturated heterocycles. The molecule has 328 valence electrons. The summed E-state index contributed by atoms with van der Waals surface area (Å²) in [7, 11) is 0. The fourth-order valence-corrected chi connectivity index (χ4v) is 6.44. The van der Waals surface area contributed by atoms with E-state index in [-0.39, 0.29) is 31.1 Å². The molecular weight excluding hydrogens is 709 g/mol. The van der Waals surface area contributed by atoms with Crippen molar-refractivity contribution in [3.05, 3.63) is 60.8 Å². The summed E-state index contributed by atoms with van der Waals surface area (Å²) < 4.78 is 16.7. The molecule has 0 aliphatic heterocycles. The van der Waals surface area contributed by atoms with Gasteiger partial charge in [0.25, 0.3) is 0 Å². The average Bonchev–Trinajstić information content (AvgIpc) is 3.21. The van der Waals surface area contributed by atoms with Gasteiger partial charge in [0.05, 0.1) is 0 Å². The van der Waals surface area contributed by atoms with Crippen molar-refractivity contribution < 1.29 is 28.6 Å². The predicted molar refractivity (Wildman–Crippen MR) is 242 cm³/mol. The van der Waals surface area contributed by atoms with E-state index in [2.05, 4.69) is 81.5 Å². The number of carbonyl (C=O) groups excluding carboxylic acids is 3. The summed E-state index contributed by atoms with van der Waals surface area (Å²) in [5.74, 6) is -0.945. The average molecular weight is 797 g/mol. The van der Waals surface area contributed by atoms with Crippen molar-refractivity contribution in [1.82, 2.24) is 0 Å². The molecule has 0 saturated carbocycles. The van der Waals surface area contributed by atoms with Gasteiger partial charge in [-0.15, -0.1) is 0 Å². The zero-order valence-corrected chi connectivity index (χ0v) is 37.3. The summed E-state index contributed by atoms with van der Waals surface area (Å²) in [6.07, 6.45) is 54.9. The minimum Gasteiger partial charge on any atom is -0.462 e. The van der Waals surface area contributed by atoms with Crippen LogP contribution in [0.2, 0.25) is 0 Å². The molecule has 0 spiro atoms. The van der Waals surface area contributed by atoms with Gasteiger partial charge in [0.15, 0.2) is 6.10 Å². The van der Waals surface area contributed by atoms with Gasteiger partial charge in [0.1, 0.15) is 13.2 Å². The first kappa shape index (κ1) is 54.1. The molecule has 1 atom stereocenters. The van der Waals surface area contributed by atoms with Gasteiger partial charge in [0, 0.05) is 19.3 Å². The zero-order valence-electron chi connectivity index (χ0n) is 37.3. The zero-order chi connectivity index (χ0) is 41.5. The van der Waals surface area contributed by atoms with Gasteiger partial charge in [-0.2, -0.15) is 0 Å². The molecule has 0 aromatic carbocycles. The third kappa shape index (κ3) is 44.1. The second kappa shape index (κ2) is 45.8. The van der Waals surface area contributed by atoms with Crippen LogP contribution < -0.4 is 0 Å². The van der Waals surface area contributed by atoms with E-state index in [0.717, 1.165) is 64.2 Å². The van der Waals surface area contributed by atoms with E-state index in [1.807, 2.05) is 0 Å². The normalized spacial score (nSPS) is 12.5. The van der Waals surface area contributed by atoms with Gasteiger partial charge in [-0.05, 0) is 83.5 Å². The quantitative estimate of drug-likeness (QED) is 0.0201. The molecule has 0 aliphatic rings. The first-order valence-electron chi connectivity index (χ1n) is 23.8. The largest absolute Gasteiger partial charge is 0.462 e. The Balaban J connectivity index is 4.39. The van der Waals surface area contributed by atoms with Crippen LogP contribution in [0.4, 0.5) is 0 Å². The molecule has 0 heterocycles. The SMILES string of the molecule is CC\C=C/C=C\C=C/CCCCCCCCCC(=O)OCC(COC(=O)CCC/C=C\CCCCCC)OC(=O)CCCCCCCCC/C=C\CCCCCC. The minimum absolute atomic E-state index is 0.0909. The van der Waals surface area contributed by atoms with E-state index >= 15 is 0 Å². The fourth-order valence-electron chi connectivity index (χ4n) is 6.44. The minimum atomic E-state index is -0.789. The summed E-state index contributed by atoms with van der Waals surface area (Å²) in [6.45, 7) is 6.41. The van der Waals surface area contributed by atoms with Gasteiger partial charge in [0.2, 0.25) is 0 Å². The van der Waals surface area contributed by atoms with Crippen molar-refractivity contribution in [3.63, 3.8) is 0 Å². The number of carbonyl (C=O) groups is 3. The Morgan fingerprint density at radius 3 is 1.18 bits per heavy atom. The molecule has 0 aromatic heterocycles. The highest BCUT2D eigenvalue weighted by Gasteiger charge is 2.19. The molecule has 0 fully saturated rings. The highest BCUT2D eigenvalue weighted by molar-refractivity contribution is 5.71. The van der Waals surface area contributed by atoms with Gasteiger partial charge >= 0.3 is 17.9 Å². The van der Waals surface area contributed by atoms with E-state index in [9.17, 15) is 14.4 Å². The lowest BCUT2D eigenvalue weighted by Crippen LogP contribution is -2.30. The third-order valence-corrected chi connectivity index (χ3v) is 10.0. The lowest BCUT2D eigenvalue weighted by molar-refractivity contribution is -0.167. The molecule has 0 bridgehead atoms. The maximum absolute atomic E-state index is 12.7. The molecule has 6 heteroatoms. The van der Waals surface area contributed by atoms with Crippen molar-refractivity contribution >= 4 is 17.9 Å². The summed E-state index contributed by atoms with van der Waals surface area (Å²) in [4.78, 5) is 37.7. The first-order chi connectivity index (χ1) is 28.0. The highest BCUT2D eigenvalue weighted by atomic mass is 16.6. The number of esters is 3. The number of ether oxygens (including phenoxy) is 3.